The predicted octanol–water partition coefficient (Wildman–Crippen LogP) is 2.50. The molecule has 68 valence electrons. The highest BCUT2D eigenvalue weighted by atomic mass is 79.9. The van der Waals surface area contributed by atoms with E-state index < -0.39 is 10.8 Å². The zero-order valence-electron chi connectivity index (χ0n) is 7.21. The highest BCUT2D eigenvalue weighted by molar-refractivity contribution is 9.10. The van der Waals surface area contributed by atoms with Crippen molar-refractivity contribution in [2.45, 2.75) is 11.8 Å². The summed E-state index contributed by atoms with van der Waals surface area (Å²) in [6, 6.07) is 5.73. The number of rotatable bonds is 2. The van der Waals surface area contributed by atoms with Crippen molar-refractivity contribution in [1.82, 2.24) is 0 Å². The highest BCUT2D eigenvalue weighted by Crippen LogP contribution is 2.21. The molecule has 0 aromatic heterocycles. The van der Waals surface area contributed by atoms with Crippen LogP contribution in [0.15, 0.2) is 27.6 Å². The average Bonchev–Trinajstić information content (AvgIpc) is 2.09. The van der Waals surface area contributed by atoms with Gasteiger partial charge in [0.2, 0.25) is 0 Å². The second kappa shape index (κ2) is 4.59. The topological polar surface area (TPSA) is 17.1 Å². The normalized spacial score (nSPS) is 12.1. The zero-order valence-corrected chi connectivity index (χ0v) is 9.61. The van der Waals surface area contributed by atoms with Crippen LogP contribution in [-0.2, 0) is 10.8 Å². The largest absolute Gasteiger partial charge is 0.253 e. The van der Waals surface area contributed by atoms with Crippen LogP contribution in [0.4, 0.5) is 0 Å². The van der Waals surface area contributed by atoms with Gasteiger partial charge in [0, 0.05) is 4.47 Å². The van der Waals surface area contributed by atoms with E-state index in [4.69, 9.17) is 6.42 Å². The van der Waals surface area contributed by atoms with Crippen molar-refractivity contribution in [2.75, 3.05) is 5.75 Å². The Hall–Kier alpha value is -0.590. The molecule has 0 saturated carbocycles. The van der Waals surface area contributed by atoms with Crippen LogP contribution in [0.25, 0.3) is 0 Å². The molecular formula is C10H9BrOS. The molecule has 0 bridgehead atoms. The second-order valence-corrected chi connectivity index (χ2v) is 4.90. The molecule has 1 rings (SSSR count). The smallest absolute Gasteiger partial charge is 0.0891 e. The van der Waals surface area contributed by atoms with Crippen molar-refractivity contribution in [3.8, 4) is 12.3 Å². The van der Waals surface area contributed by atoms with E-state index in [0.29, 0.717) is 0 Å². The van der Waals surface area contributed by atoms with E-state index in [9.17, 15) is 4.21 Å². The van der Waals surface area contributed by atoms with E-state index in [1.807, 2.05) is 25.1 Å². The lowest BCUT2D eigenvalue weighted by molar-refractivity contribution is 0.685. The van der Waals surface area contributed by atoms with Gasteiger partial charge in [-0.05, 0) is 40.5 Å². The van der Waals surface area contributed by atoms with Gasteiger partial charge in [0.05, 0.1) is 21.4 Å². The lowest BCUT2D eigenvalue weighted by atomic mass is 10.2. The van der Waals surface area contributed by atoms with Crippen LogP contribution in [0.1, 0.15) is 5.56 Å². The van der Waals surface area contributed by atoms with Crippen molar-refractivity contribution in [1.29, 1.82) is 0 Å². The quantitative estimate of drug-likeness (QED) is 0.744. The Labute approximate surface area is 89.1 Å². The first-order valence-corrected chi connectivity index (χ1v) is 5.84. The molecule has 0 radical (unpaired) electrons. The van der Waals surface area contributed by atoms with E-state index >= 15 is 0 Å². The number of terminal acetylenes is 1. The maximum Gasteiger partial charge on any atom is 0.0891 e. The lowest BCUT2D eigenvalue weighted by Crippen LogP contribution is -1.96. The van der Waals surface area contributed by atoms with E-state index in [2.05, 4.69) is 21.9 Å². The summed E-state index contributed by atoms with van der Waals surface area (Å²) in [7, 11) is -1.09. The van der Waals surface area contributed by atoms with Crippen molar-refractivity contribution >= 4 is 26.7 Å². The molecule has 0 N–H and O–H groups in total. The van der Waals surface area contributed by atoms with Crippen LogP contribution in [0.3, 0.4) is 0 Å². The summed E-state index contributed by atoms with van der Waals surface area (Å²) in [4.78, 5) is 0.776. The van der Waals surface area contributed by atoms with Crippen molar-refractivity contribution in [2.24, 2.45) is 0 Å². The molecule has 1 aromatic rings. The van der Waals surface area contributed by atoms with E-state index in [1.54, 1.807) is 0 Å². The van der Waals surface area contributed by atoms with Crippen LogP contribution < -0.4 is 0 Å². The highest BCUT2D eigenvalue weighted by Gasteiger charge is 2.06. The molecule has 1 aromatic carbocycles. The summed E-state index contributed by atoms with van der Waals surface area (Å²) in [6.45, 7) is 1.96. The standard InChI is InChI=1S/C10H9BrOS/c1-3-6-13(12)10-7-8(2)4-5-9(10)11/h1,4-5,7H,6H2,2H3. The number of halogens is 1. The Bertz CT molecular complexity index is 379. The fourth-order valence-electron chi connectivity index (χ4n) is 0.938. The molecule has 0 spiro atoms. The van der Waals surface area contributed by atoms with E-state index in [1.165, 1.54) is 0 Å². The summed E-state index contributed by atoms with van der Waals surface area (Å²) in [5.41, 5.74) is 1.09. The SMILES string of the molecule is C#CCS(=O)c1cc(C)ccc1Br. The minimum atomic E-state index is -1.09. The maximum absolute atomic E-state index is 11.6. The summed E-state index contributed by atoms with van der Waals surface area (Å²) in [5.74, 6) is 2.66. The molecule has 0 aliphatic heterocycles. The van der Waals surface area contributed by atoms with E-state index in [0.717, 1.165) is 14.9 Å². The summed E-state index contributed by atoms with van der Waals surface area (Å²) in [6.07, 6.45) is 5.10. The molecular weight excluding hydrogens is 248 g/mol. The molecule has 1 unspecified atom stereocenters. The minimum absolute atomic E-state index is 0.266. The average molecular weight is 257 g/mol. The van der Waals surface area contributed by atoms with Crippen molar-refractivity contribution in [3.05, 3.63) is 28.2 Å². The summed E-state index contributed by atoms with van der Waals surface area (Å²) in [5, 5.41) is 0. The van der Waals surface area contributed by atoms with Gasteiger partial charge in [-0.15, -0.1) is 6.42 Å². The lowest BCUT2D eigenvalue weighted by Gasteiger charge is -2.02. The Morgan fingerprint density at radius 2 is 2.31 bits per heavy atom. The molecule has 3 heteroatoms. The van der Waals surface area contributed by atoms with Gasteiger partial charge in [0.25, 0.3) is 0 Å². The maximum atomic E-state index is 11.6. The molecule has 1 nitrogen and oxygen atoms in total. The van der Waals surface area contributed by atoms with Gasteiger partial charge < -0.3 is 0 Å². The molecule has 0 aliphatic rings. The fraction of sp³-hybridized carbons (Fsp3) is 0.200. The molecule has 13 heavy (non-hydrogen) atoms. The number of hydrogen-bond donors (Lipinski definition) is 0. The fourth-order valence-corrected chi connectivity index (χ4v) is 2.64. The monoisotopic (exact) mass is 256 g/mol. The van der Waals surface area contributed by atoms with Gasteiger partial charge in [-0.2, -0.15) is 0 Å². The molecule has 0 aliphatic carbocycles. The van der Waals surface area contributed by atoms with Gasteiger partial charge in [-0.25, -0.2) is 0 Å². The summed E-state index contributed by atoms with van der Waals surface area (Å²) >= 11 is 3.34. The third kappa shape index (κ3) is 2.68. The third-order valence-electron chi connectivity index (χ3n) is 1.55. The number of benzene rings is 1. The Morgan fingerprint density at radius 1 is 1.62 bits per heavy atom. The van der Waals surface area contributed by atoms with Crippen LogP contribution in [-0.4, -0.2) is 9.96 Å². The van der Waals surface area contributed by atoms with E-state index in [-0.39, 0.29) is 5.75 Å². The first-order valence-electron chi connectivity index (χ1n) is 3.73. The van der Waals surface area contributed by atoms with Crippen LogP contribution >= 0.6 is 15.9 Å². The predicted molar refractivity (Wildman–Crippen MR) is 59.0 cm³/mol. The summed E-state index contributed by atoms with van der Waals surface area (Å²) < 4.78 is 12.4. The molecule has 0 fully saturated rings. The molecule has 0 amide bonds. The van der Waals surface area contributed by atoms with Crippen LogP contribution in [0.2, 0.25) is 0 Å². The van der Waals surface area contributed by atoms with Gasteiger partial charge in [-0.1, -0.05) is 12.0 Å². The van der Waals surface area contributed by atoms with Crippen molar-refractivity contribution < 1.29 is 4.21 Å². The third-order valence-corrected chi connectivity index (χ3v) is 3.76. The Balaban J connectivity index is 3.07. The van der Waals surface area contributed by atoms with Gasteiger partial charge in [0.15, 0.2) is 0 Å². The second-order valence-electron chi connectivity index (χ2n) is 2.63. The zero-order chi connectivity index (χ0) is 9.84. The Kier molecular flexibility index (Phi) is 3.71. The van der Waals surface area contributed by atoms with Crippen LogP contribution in [0.5, 0.6) is 0 Å². The minimum Gasteiger partial charge on any atom is -0.253 e. The number of aryl methyl sites for hydroxylation is 1. The van der Waals surface area contributed by atoms with Crippen molar-refractivity contribution in [3.63, 3.8) is 0 Å². The molecule has 1 atom stereocenters. The molecule has 0 heterocycles. The number of hydrogen-bond acceptors (Lipinski definition) is 1. The first-order chi connectivity index (χ1) is 6.15. The Morgan fingerprint density at radius 3 is 2.92 bits per heavy atom. The molecule has 0 saturated heterocycles. The van der Waals surface area contributed by atoms with Gasteiger partial charge in [-0.3, -0.25) is 4.21 Å². The van der Waals surface area contributed by atoms with Gasteiger partial charge >= 0.3 is 0 Å². The van der Waals surface area contributed by atoms with Crippen LogP contribution in [0, 0.1) is 19.3 Å². The first kappa shape index (κ1) is 10.5. The van der Waals surface area contributed by atoms with Gasteiger partial charge in [0.1, 0.15) is 0 Å².